The van der Waals surface area contributed by atoms with Crippen molar-refractivity contribution in [2.24, 2.45) is 5.73 Å². The van der Waals surface area contributed by atoms with Crippen molar-refractivity contribution >= 4 is 5.91 Å². The number of nitrogens with zero attached hydrogens (tertiary/aromatic N) is 4. The van der Waals surface area contributed by atoms with Crippen LogP contribution in [0.4, 0.5) is 0 Å². The summed E-state index contributed by atoms with van der Waals surface area (Å²) in [5.74, 6) is 1.18. The fourth-order valence-corrected chi connectivity index (χ4v) is 2.25. The van der Waals surface area contributed by atoms with E-state index in [4.69, 9.17) is 5.73 Å². The molecule has 1 unspecified atom stereocenters. The van der Waals surface area contributed by atoms with E-state index in [0.29, 0.717) is 13.0 Å². The smallest absolute Gasteiger partial charge is 0.223 e. The average Bonchev–Trinajstić information content (AvgIpc) is 2.82. The number of carbonyl (C=O) groups is 1. The molecule has 1 aliphatic rings. The third-order valence-corrected chi connectivity index (χ3v) is 3.47. The topological polar surface area (TPSA) is 67.4 Å². The molecule has 0 fully saturated rings. The Balaban J connectivity index is 2.00. The van der Waals surface area contributed by atoms with Gasteiger partial charge >= 0.3 is 0 Å². The van der Waals surface area contributed by atoms with Gasteiger partial charge in [0, 0.05) is 58.6 Å². The summed E-state index contributed by atoms with van der Waals surface area (Å²) in [4.78, 5) is 20.0. The van der Waals surface area contributed by atoms with Gasteiger partial charge in [-0.05, 0) is 0 Å². The zero-order valence-electron chi connectivity index (χ0n) is 11.0. The van der Waals surface area contributed by atoms with Crippen molar-refractivity contribution in [1.82, 2.24) is 19.4 Å². The summed E-state index contributed by atoms with van der Waals surface area (Å²) in [6, 6.07) is 0.102. The Labute approximate surface area is 107 Å². The Morgan fingerprint density at radius 3 is 3.00 bits per heavy atom. The van der Waals surface area contributed by atoms with Gasteiger partial charge in [-0.2, -0.15) is 0 Å². The Kier molecular flexibility index (Phi) is 3.98. The Morgan fingerprint density at radius 2 is 2.33 bits per heavy atom. The lowest BCUT2D eigenvalue weighted by Crippen LogP contribution is -2.47. The highest BCUT2D eigenvalue weighted by Crippen LogP contribution is 2.15. The maximum atomic E-state index is 11.8. The van der Waals surface area contributed by atoms with E-state index >= 15 is 0 Å². The summed E-state index contributed by atoms with van der Waals surface area (Å²) < 4.78 is 2.15. The molecule has 0 saturated heterocycles. The van der Waals surface area contributed by atoms with Crippen LogP contribution < -0.4 is 5.73 Å². The van der Waals surface area contributed by atoms with Crippen LogP contribution in [0.25, 0.3) is 0 Å². The largest absolute Gasteiger partial charge is 0.349 e. The molecule has 2 heterocycles. The van der Waals surface area contributed by atoms with Gasteiger partial charge in [0.25, 0.3) is 0 Å². The molecule has 100 valence electrons. The van der Waals surface area contributed by atoms with Gasteiger partial charge in [-0.15, -0.1) is 0 Å². The molecule has 1 aliphatic heterocycles. The molecular weight excluding hydrogens is 230 g/mol. The number of amides is 1. The summed E-state index contributed by atoms with van der Waals surface area (Å²) in [5, 5.41) is 0. The van der Waals surface area contributed by atoms with Gasteiger partial charge in [-0.1, -0.05) is 0 Å². The van der Waals surface area contributed by atoms with Gasteiger partial charge in [0.1, 0.15) is 5.82 Å². The molecule has 6 heteroatoms. The summed E-state index contributed by atoms with van der Waals surface area (Å²) >= 11 is 0. The molecule has 18 heavy (non-hydrogen) atoms. The van der Waals surface area contributed by atoms with Gasteiger partial charge in [0.2, 0.25) is 5.91 Å². The number of aromatic nitrogens is 2. The molecule has 0 spiro atoms. The molecule has 1 aromatic rings. The Bertz CT molecular complexity index is 414. The lowest BCUT2D eigenvalue weighted by molar-refractivity contribution is -0.130. The second kappa shape index (κ2) is 5.49. The molecule has 0 radical (unpaired) electrons. The second-order valence-corrected chi connectivity index (χ2v) is 4.89. The van der Waals surface area contributed by atoms with Crippen LogP contribution in [-0.4, -0.2) is 58.5 Å². The van der Waals surface area contributed by atoms with Crippen molar-refractivity contribution in [3.63, 3.8) is 0 Å². The minimum absolute atomic E-state index is 0.102. The average molecular weight is 251 g/mol. The molecule has 6 nitrogen and oxygen atoms in total. The molecule has 0 aliphatic carbocycles. The van der Waals surface area contributed by atoms with Gasteiger partial charge in [-0.3, -0.25) is 9.69 Å². The van der Waals surface area contributed by atoms with E-state index in [9.17, 15) is 4.79 Å². The first kappa shape index (κ1) is 13.0. The maximum Gasteiger partial charge on any atom is 0.223 e. The van der Waals surface area contributed by atoms with Crippen molar-refractivity contribution in [3.05, 3.63) is 18.2 Å². The number of carbonyl (C=O) groups excluding carboxylic acids is 1. The summed E-state index contributed by atoms with van der Waals surface area (Å²) in [6.45, 7) is 3.11. The van der Waals surface area contributed by atoms with E-state index in [0.717, 1.165) is 25.5 Å². The number of hydrogen-bond acceptors (Lipinski definition) is 4. The third-order valence-electron chi connectivity index (χ3n) is 3.47. The number of nitrogens with two attached hydrogens (primary N) is 1. The van der Waals surface area contributed by atoms with Crippen LogP contribution in [0.15, 0.2) is 12.4 Å². The quantitative estimate of drug-likeness (QED) is 0.783. The standard InChI is InChI=1S/C12H21N5O/c1-15(2)12(18)7-10(8-13)17-6-5-16-4-3-14-11(16)9-17/h3-4,10H,5-9,13H2,1-2H3. The summed E-state index contributed by atoms with van der Waals surface area (Å²) in [6.07, 6.45) is 4.29. The Morgan fingerprint density at radius 1 is 1.56 bits per heavy atom. The van der Waals surface area contributed by atoms with E-state index in [1.807, 2.05) is 12.4 Å². The highest BCUT2D eigenvalue weighted by molar-refractivity contribution is 5.76. The van der Waals surface area contributed by atoms with Gasteiger partial charge < -0.3 is 15.2 Å². The molecule has 2 N–H and O–H groups in total. The second-order valence-electron chi connectivity index (χ2n) is 4.89. The predicted octanol–water partition coefficient (Wildman–Crippen LogP) is -0.496. The SMILES string of the molecule is CN(C)C(=O)CC(CN)N1CCn2ccnc2C1. The van der Waals surface area contributed by atoms with E-state index in [1.165, 1.54) is 0 Å². The molecule has 0 bridgehead atoms. The maximum absolute atomic E-state index is 11.8. The number of fused-ring (bicyclic) bond motifs is 1. The molecule has 1 amide bonds. The fourth-order valence-electron chi connectivity index (χ4n) is 2.25. The van der Waals surface area contributed by atoms with Crippen LogP contribution >= 0.6 is 0 Å². The molecule has 2 rings (SSSR count). The number of hydrogen-bond donors (Lipinski definition) is 1. The summed E-state index contributed by atoms with van der Waals surface area (Å²) in [5.41, 5.74) is 5.81. The van der Waals surface area contributed by atoms with Crippen LogP contribution in [0.5, 0.6) is 0 Å². The lowest BCUT2D eigenvalue weighted by Gasteiger charge is -2.34. The zero-order chi connectivity index (χ0) is 13.1. The van der Waals surface area contributed by atoms with Crippen LogP contribution in [0.1, 0.15) is 12.2 Å². The molecule has 1 atom stereocenters. The lowest BCUT2D eigenvalue weighted by atomic mass is 10.1. The first-order valence-electron chi connectivity index (χ1n) is 6.26. The van der Waals surface area contributed by atoms with Crippen LogP contribution in [0.3, 0.4) is 0 Å². The van der Waals surface area contributed by atoms with Crippen molar-refractivity contribution in [2.45, 2.75) is 25.6 Å². The van der Waals surface area contributed by atoms with E-state index in [-0.39, 0.29) is 11.9 Å². The van der Waals surface area contributed by atoms with E-state index < -0.39 is 0 Å². The van der Waals surface area contributed by atoms with Gasteiger partial charge in [0.15, 0.2) is 0 Å². The van der Waals surface area contributed by atoms with Crippen LogP contribution in [-0.2, 0) is 17.9 Å². The van der Waals surface area contributed by atoms with E-state index in [1.54, 1.807) is 19.0 Å². The molecule has 1 aromatic heterocycles. The predicted molar refractivity (Wildman–Crippen MR) is 68.8 cm³/mol. The Hall–Kier alpha value is -1.40. The summed E-state index contributed by atoms with van der Waals surface area (Å²) in [7, 11) is 3.55. The fraction of sp³-hybridized carbons (Fsp3) is 0.667. The van der Waals surface area contributed by atoms with Crippen molar-refractivity contribution in [1.29, 1.82) is 0 Å². The normalized spacial score (nSPS) is 17.3. The minimum Gasteiger partial charge on any atom is -0.349 e. The van der Waals surface area contributed by atoms with Crippen molar-refractivity contribution in [2.75, 3.05) is 27.2 Å². The molecular formula is C12H21N5O. The number of imidazole rings is 1. The first-order chi connectivity index (χ1) is 8.61. The zero-order valence-corrected chi connectivity index (χ0v) is 11.0. The van der Waals surface area contributed by atoms with Crippen LogP contribution in [0, 0.1) is 0 Å². The van der Waals surface area contributed by atoms with Crippen molar-refractivity contribution in [3.8, 4) is 0 Å². The monoisotopic (exact) mass is 251 g/mol. The van der Waals surface area contributed by atoms with Gasteiger partial charge in [-0.25, -0.2) is 4.98 Å². The van der Waals surface area contributed by atoms with Crippen LogP contribution in [0.2, 0.25) is 0 Å². The third kappa shape index (κ3) is 2.70. The highest BCUT2D eigenvalue weighted by atomic mass is 16.2. The first-order valence-corrected chi connectivity index (χ1v) is 6.26. The molecule has 0 aromatic carbocycles. The van der Waals surface area contributed by atoms with Crippen molar-refractivity contribution < 1.29 is 4.79 Å². The van der Waals surface area contributed by atoms with Gasteiger partial charge in [0.05, 0.1) is 6.54 Å². The minimum atomic E-state index is 0.102. The highest BCUT2D eigenvalue weighted by Gasteiger charge is 2.25. The van der Waals surface area contributed by atoms with E-state index in [2.05, 4.69) is 14.5 Å². The molecule has 0 saturated carbocycles. The number of rotatable bonds is 4.